The SMILES string of the molecule is CC(C)Cc1c(F)c(F)c(F)c(F)c1F.CC(C)Cc1cc(C(C)(C)C)cc(C(C)(C)C)c1.CC(C)Cc1cc(C(C)(F)F)cc(C(F)(F)F)c1.CC(C)Cc1ccc(C(C)(C)C)cc1.CC(C)Cc1ccc2ccccc2c1.CC(C)Cc1ccccc1.Cc1ccc(CC(C)C)cc1.Cc1ccc(CC(C)C)cc1. The van der Waals surface area contributed by atoms with Crippen molar-refractivity contribution >= 4 is 10.8 Å². The molecule has 10 heteroatoms. The van der Waals surface area contributed by atoms with E-state index in [4.69, 9.17) is 0 Å². The largest absolute Gasteiger partial charge is 0.416 e. The molecule has 0 amide bonds. The fourth-order valence-corrected chi connectivity index (χ4v) is 12.0. The zero-order valence-electron chi connectivity index (χ0n) is 72.9. The second-order valence-electron chi connectivity index (χ2n) is 36.6. The molecule has 0 N–H and O–H groups in total. The van der Waals surface area contributed by atoms with Crippen LogP contribution in [-0.4, -0.2) is 0 Å². The average molecular weight is 1540 g/mol. The van der Waals surface area contributed by atoms with E-state index in [1.807, 2.05) is 13.8 Å². The van der Waals surface area contributed by atoms with E-state index in [-0.39, 0.29) is 40.1 Å². The maximum atomic E-state index is 13.2. The first-order valence-electron chi connectivity index (χ1n) is 40.1. The zero-order valence-corrected chi connectivity index (χ0v) is 72.9. The Morgan fingerprint density at radius 1 is 0.234 bits per heavy atom. The van der Waals surface area contributed by atoms with Crippen molar-refractivity contribution in [2.75, 3.05) is 0 Å². The first kappa shape index (κ1) is 99.6. The lowest BCUT2D eigenvalue weighted by molar-refractivity contribution is -0.137. The summed E-state index contributed by atoms with van der Waals surface area (Å²) in [5.41, 5.74) is 14.4. The maximum Gasteiger partial charge on any atom is 0.416 e. The van der Waals surface area contributed by atoms with E-state index < -0.39 is 57.9 Å². The molecular weight excluding hydrogens is 1400 g/mol. The Hall–Kier alpha value is -7.46. The van der Waals surface area contributed by atoms with E-state index in [9.17, 15) is 43.9 Å². The summed E-state index contributed by atoms with van der Waals surface area (Å²) in [5.74, 6) is -8.23. The predicted molar refractivity (Wildman–Crippen MR) is 457 cm³/mol. The predicted octanol–water partition coefficient (Wildman–Crippen LogP) is 31.6. The fourth-order valence-electron chi connectivity index (χ4n) is 12.0. The quantitative estimate of drug-likeness (QED) is 0.0484. The number of hydrogen-bond acceptors (Lipinski definition) is 0. The lowest BCUT2D eigenvalue weighted by Gasteiger charge is -2.26. The van der Waals surface area contributed by atoms with Crippen LogP contribution < -0.4 is 0 Å². The Bertz CT molecular complexity index is 3860. The minimum atomic E-state index is -4.60. The van der Waals surface area contributed by atoms with E-state index in [1.54, 1.807) is 13.8 Å². The number of fused-ring (bicyclic) bond motifs is 1. The molecule has 9 rings (SSSR count). The van der Waals surface area contributed by atoms with Gasteiger partial charge in [0.1, 0.15) is 0 Å². The number of aryl methyl sites for hydroxylation is 2. The van der Waals surface area contributed by atoms with Gasteiger partial charge in [-0.25, -0.2) is 30.7 Å². The van der Waals surface area contributed by atoms with E-state index >= 15 is 0 Å². The van der Waals surface area contributed by atoms with Crippen LogP contribution in [0, 0.1) is 90.3 Å². The Morgan fingerprint density at radius 3 is 0.838 bits per heavy atom. The minimum absolute atomic E-state index is 0.104. The van der Waals surface area contributed by atoms with Crippen molar-refractivity contribution in [1.29, 1.82) is 0 Å². The number of halogens is 10. The van der Waals surface area contributed by atoms with Gasteiger partial charge in [0.2, 0.25) is 5.82 Å². The molecule has 0 aromatic heterocycles. The molecular formula is C101H138F10. The average Bonchev–Trinajstić information content (AvgIpc) is 0.817. The van der Waals surface area contributed by atoms with Gasteiger partial charge in [0, 0.05) is 18.1 Å². The van der Waals surface area contributed by atoms with Gasteiger partial charge in [0.05, 0.1) is 5.56 Å². The van der Waals surface area contributed by atoms with Crippen LogP contribution in [0.15, 0.2) is 182 Å². The molecule has 0 nitrogen and oxygen atoms in total. The summed E-state index contributed by atoms with van der Waals surface area (Å²) in [7, 11) is 0. The third-order valence-corrected chi connectivity index (χ3v) is 17.7. The number of rotatable bonds is 17. The fraction of sp³-hybridized carbons (Fsp3) is 0.485. The Kier molecular flexibility index (Phi) is 41.9. The van der Waals surface area contributed by atoms with Crippen molar-refractivity contribution in [2.45, 2.75) is 274 Å². The van der Waals surface area contributed by atoms with Crippen LogP contribution in [0.2, 0.25) is 0 Å². The van der Waals surface area contributed by atoms with Crippen molar-refractivity contribution in [3.8, 4) is 0 Å². The van der Waals surface area contributed by atoms with Gasteiger partial charge in [0.15, 0.2) is 23.3 Å². The second-order valence-corrected chi connectivity index (χ2v) is 36.6. The van der Waals surface area contributed by atoms with Gasteiger partial charge >= 0.3 is 6.18 Å². The van der Waals surface area contributed by atoms with Gasteiger partial charge < -0.3 is 0 Å². The normalized spacial score (nSPS) is 11.7. The summed E-state index contributed by atoms with van der Waals surface area (Å²) in [4.78, 5) is 0. The molecule has 111 heavy (non-hydrogen) atoms. The molecule has 0 unspecified atom stereocenters. The number of alkyl halides is 5. The third kappa shape index (κ3) is 40.2. The van der Waals surface area contributed by atoms with E-state index in [0.717, 1.165) is 41.7 Å². The van der Waals surface area contributed by atoms with Gasteiger partial charge in [0.25, 0.3) is 5.92 Å². The Balaban J connectivity index is 0.000000434. The van der Waals surface area contributed by atoms with Crippen molar-refractivity contribution in [2.24, 2.45) is 47.3 Å². The van der Waals surface area contributed by atoms with Crippen LogP contribution in [-0.2, 0) is 79.7 Å². The highest BCUT2D eigenvalue weighted by Gasteiger charge is 2.35. The molecule has 0 fully saturated rings. The highest BCUT2D eigenvalue weighted by molar-refractivity contribution is 5.83. The van der Waals surface area contributed by atoms with Crippen molar-refractivity contribution in [1.82, 2.24) is 0 Å². The standard InChI is InChI=1S/C18H30.C14H16.C14H22.C13H15F5.2C11H16.C10H9F5.C10H14/c1-13(2)9-14-10-15(17(3,4)5)12-16(11-14)18(6,7)8;1-11(2)9-12-7-8-13-5-3-4-6-14(13)10-12;1-11(2)10-12-6-8-13(9-7-12)14(3,4)5;1-8(2)4-9-5-10(12(3,14)15)7-11(6-9)13(16,17)18;2*1-9(2)8-11-6-4-10(3)5-7-11;1-4(2)3-5-6(11)8(13)10(15)9(14)7(5)12;1-9(2)8-10-6-4-3-5-7-10/h10-13H,9H2,1-8H3;3-8,10-11H,9H2,1-2H3;6-9,11H,10H2,1-5H3;5-8H,4H2,1-3H3;2*4-7,9H,8H2,1-3H3;4H,3H2,1-2H3;3-7,9H,8H2,1-2H3. The molecule has 0 radical (unpaired) electrons. The molecule has 0 saturated carbocycles. The molecule has 612 valence electrons. The lowest BCUT2D eigenvalue weighted by atomic mass is 9.79. The Labute approximate surface area is 666 Å². The topological polar surface area (TPSA) is 0 Å². The summed E-state index contributed by atoms with van der Waals surface area (Å²) in [6.07, 6.45) is 2.66. The van der Waals surface area contributed by atoms with Crippen LogP contribution in [0.5, 0.6) is 0 Å². The molecule has 0 bridgehead atoms. The van der Waals surface area contributed by atoms with Crippen molar-refractivity contribution in [3.63, 3.8) is 0 Å². The van der Waals surface area contributed by atoms with E-state index in [2.05, 4.69) is 323 Å². The van der Waals surface area contributed by atoms with Crippen LogP contribution in [0.25, 0.3) is 10.8 Å². The summed E-state index contributed by atoms with van der Waals surface area (Å²) in [5, 5.41) is 2.69. The third-order valence-electron chi connectivity index (χ3n) is 17.7. The van der Waals surface area contributed by atoms with E-state index in [1.165, 1.54) is 110 Å². The van der Waals surface area contributed by atoms with Crippen molar-refractivity contribution < 1.29 is 43.9 Å². The molecule has 0 spiro atoms. The molecule has 0 atom stereocenters. The molecule has 0 aliphatic rings. The van der Waals surface area contributed by atoms with E-state index in [0.29, 0.717) is 25.3 Å². The highest BCUT2D eigenvalue weighted by atomic mass is 19.4. The maximum absolute atomic E-state index is 13.2. The number of hydrogen-bond donors (Lipinski definition) is 0. The first-order chi connectivity index (χ1) is 51.2. The second kappa shape index (κ2) is 46.7. The van der Waals surface area contributed by atoms with Gasteiger partial charge in [-0.15, -0.1) is 0 Å². The van der Waals surface area contributed by atoms with Crippen LogP contribution >= 0.6 is 0 Å². The molecule has 9 aromatic rings. The highest BCUT2D eigenvalue weighted by Crippen LogP contribution is 2.37. The summed E-state index contributed by atoms with van der Waals surface area (Å²) in [6.45, 7) is 59.4. The summed E-state index contributed by atoms with van der Waals surface area (Å²) >= 11 is 0. The molecule has 0 aliphatic heterocycles. The van der Waals surface area contributed by atoms with Gasteiger partial charge in [-0.3, -0.25) is 0 Å². The first-order valence-corrected chi connectivity index (χ1v) is 40.1. The minimum Gasteiger partial charge on any atom is -0.203 e. The molecule has 0 saturated heterocycles. The van der Waals surface area contributed by atoms with Gasteiger partial charge in [-0.2, -0.15) is 13.2 Å². The molecule has 0 aliphatic carbocycles. The van der Waals surface area contributed by atoms with Gasteiger partial charge in [-0.1, -0.05) is 348 Å². The van der Waals surface area contributed by atoms with Gasteiger partial charge in [-0.05, 0) is 213 Å². The van der Waals surface area contributed by atoms with Crippen LogP contribution in [0.4, 0.5) is 43.9 Å². The Morgan fingerprint density at radius 2 is 0.505 bits per heavy atom. The molecule has 0 heterocycles. The lowest BCUT2D eigenvalue weighted by Crippen LogP contribution is -2.17. The monoisotopic (exact) mass is 1540 g/mol. The molecule has 9 aromatic carbocycles. The zero-order chi connectivity index (χ0) is 84.7. The van der Waals surface area contributed by atoms with Crippen molar-refractivity contribution in [3.05, 3.63) is 295 Å². The van der Waals surface area contributed by atoms with Crippen LogP contribution in [0.3, 0.4) is 0 Å². The smallest absolute Gasteiger partial charge is 0.203 e. The van der Waals surface area contributed by atoms with Crippen LogP contribution in [0.1, 0.15) is 263 Å². The number of benzene rings is 9. The summed E-state index contributed by atoms with van der Waals surface area (Å²) in [6, 6.07) is 62.3. The summed E-state index contributed by atoms with van der Waals surface area (Å²) < 4.78 is 128.